The van der Waals surface area contributed by atoms with Crippen molar-refractivity contribution in [2.24, 2.45) is 5.14 Å². The first kappa shape index (κ1) is 22.5. The fourth-order valence-corrected chi connectivity index (χ4v) is 4.46. The Morgan fingerprint density at radius 1 is 0.857 bits per heavy atom. The van der Waals surface area contributed by atoms with Crippen molar-refractivity contribution in [1.82, 2.24) is 15.2 Å². The van der Waals surface area contributed by atoms with Crippen molar-refractivity contribution < 1.29 is 13.5 Å². The minimum Gasteiger partial charge on any atom is -0.508 e. The summed E-state index contributed by atoms with van der Waals surface area (Å²) in [7, 11) is -3.93. The van der Waals surface area contributed by atoms with Crippen LogP contribution in [-0.4, -0.2) is 28.7 Å². The molecule has 0 unspecified atom stereocenters. The van der Waals surface area contributed by atoms with Gasteiger partial charge in [-0.05, 0) is 34.9 Å². The van der Waals surface area contributed by atoms with Gasteiger partial charge >= 0.3 is 0 Å². The number of aromatic hydroxyl groups is 1. The summed E-state index contributed by atoms with van der Waals surface area (Å²) in [6.45, 7) is 0.420. The maximum absolute atomic E-state index is 11.9. The van der Waals surface area contributed by atoms with E-state index < -0.39 is 10.0 Å². The topological polar surface area (TPSA) is 131 Å². The number of aromatic nitrogens is 3. The highest BCUT2D eigenvalue weighted by Gasteiger charge is 2.17. The summed E-state index contributed by atoms with van der Waals surface area (Å²) in [5.74, 6) is 0.741. The fraction of sp³-hybridized carbons (Fsp3) is 0.0385. The first-order valence-electron chi connectivity index (χ1n) is 10.7. The molecule has 35 heavy (non-hydrogen) atoms. The molecule has 2 aromatic heterocycles. The van der Waals surface area contributed by atoms with Gasteiger partial charge in [-0.3, -0.25) is 4.98 Å². The Morgan fingerprint density at radius 2 is 1.66 bits per heavy atom. The highest BCUT2D eigenvalue weighted by molar-refractivity contribution is 7.89. The van der Waals surface area contributed by atoms with Crippen molar-refractivity contribution in [3.8, 4) is 28.1 Å². The van der Waals surface area contributed by atoms with Crippen LogP contribution in [0, 0.1) is 0 Å². The molecule has 0 atom stereocenters. The smallest absolute Gasteiger partial charge is 0.239 e. The molecule has 4 N–H and O–H groups in total. The lowest BCUT2D eigenvalue weighted by Crippen LogP contribution is -2.12. The highest BCUT2D eigenvalue weighted by atomic mass is 32.2. The molecular formula is C26H21N5O3S. The Balaban J connectivity index is 1.70. The lowest BCUT2D eigenvalue weighted by Gasteiger charge is -2.15. The van der Waals surface area contributed by atoms with E-state index in [2.05, 4.69) is 20.5 Å². The van der Waals surface area contributed by atoms with Crippen molar-refractivity contribution in [3.05, 3.63) is 96.8 Å². The summed E-state index contributed by atoms with van der Waals surface area (Å²) in [6, 6.07) is 24.2. The standard InChI is InChI=1S/C26H21N5O3S/c27-35(33,34)21-13-19(15-28-16-21)25-23-11-5-10-22(18-7-2-1-3-8-18)24(23)26(31-30-25)29-14-17-6-4-9-20(32)12-17/h1-13,15-16,32H,14H2,(H,29,31)(H2,27,33,34). The molecule has 0 radical (unpaired) electrons. The maximum Gasteiger partial charge on any atom is 0.239 e. The summed E-state index contributed by atoms with van der Waals surface area (Å²) in [6.07, 6.45) is 2.74. The van der Waals surface area contributed by atoms with Crippen molar-refractivity contribution in [2.45, 2.75) is 11.4 Å². The van der Waals surface area contributed by atoms with Gasteiger partial charge in [0.1, 0.15) is 16.3 Å². The summed E-state index contributed by atoms with van der Waals surface area (Å²) >= 11 is 0. The van der Waals surface area contributed by atoms with Crippen LogP contribution in [0.2, 0.25) is 0 Å². The van der Waals surface area contributed by atoms with Gasteiger partial charge in [0.25, 0.3) is 0 Å². The van der Waals surface area contributed by atoms with Gasteiger partial charge in [0.15, 0.2) is 5.82 Å². The monoisotopic (exact) mass is 483 g/mol. The van der Waals surface area contributed by atoms with Crippen LogP contribution in [0.3, 0.4) is 0 Å². The second-order valence-electron chi connectivity index (χ2n) is 7.97. The minimum atomic E-state index is -3.93. The number of phenols is 1. The van der Waals surface area contributed by atoms with Gasteiger partial charge in [-0.25, -0.2) is 13.6 Å². The Bertz CT molecular complexity index is 1640. The predicted molar refractivity (Wildman–Crippen MR) is 135 cm³/mol. The van der Waals surface area contributed by atoms with Crippen molar-refractivity contribution in [3.63, 3.8) is 0 Å². The van der Waals surface area contributed by atoms with Gasteiger partial charge < -0.3 is 10.4 Å². The van der Waals surface area contributed by atoms with Crippen molar-refractivity contribution in [2.75, 3.05) is 5.32 Å². The second kappa shape index (κ2) is 9.13. The van der Waals surface area contributed by atoms with E-state index in [0.29, 0.717) is 23.6 Å². The van der Waals surface area contributed by atoms with E-state index in [1.807, 2.05) is 54.6 Å². The molecule has 3 aromatic carbocycles. The van der Waals surface area contributed by atoms with E-state index in [-0.39, 0.29) is 10.6 Å². The number of pyridine rings is 1. The number of hydrogen-bond acceptors (Lipinski definition) is 7. The number of nitrogens with two attached hydrogens (primary N) is 1. The summed E-state index contributed by atoms with van der Waals surface area (Å²) < 4.78 is 23.8. The molecule has 0 saturated carbocycles. The van der Waals surface area contributed by atoms with E-state index in [9.17, 15) is 13.5 Å². The van der Waals surface area contributed by atoms with E-state index in [4.69, 9.17) is 5.14 Å². The predicted octanol–water partition coefficient (Wildman–Crippen LogP) is 4.32. The number of primary sulfonamides is 1. The molecule has 8 nitrogen and oxygen atoms in total. The fourth-order valence-electron chi connectivity index (χ4n) is 3.96. The van der Waals surface area contributed by atoms with Crippen LogP contribution in [0.4, 0.5) is 5.82 Å². The Labute approximate surface area is 202 Å². The number of hydrogen-bond donors (Lipinski definition) is 3. The zero-order valence-electron chi connectivity index (χ0n) is 18.5. The third-order valence-electron chi connectivity index (χ3n) is 5.58. The minimum absolute atomic E-state index is 0.102. The van der Waals surface area contributed by atoms with Crippen molar-refractivity contribution >= 4 is 26.6 Å². The number of rotatable bonds is 6. The van der Waals surface area contributed by atoms with E-state index >= 15 is 0 Å². The first-order valence-corrected chi connectivity index (χ1v) is 12.3. The van der Waals surface area contributed by atoms with Gasteiger partial charge in [-0.15, -0.1) is 10.2 Å². The molecule has 0 saturated heterocycles. The number of sulfonamides is 1. The van der Waals surface area contributed by atoms with Crippen molar-refractivity contribution in [1.29, 1.82) is 0 Å². The van der Waals surface area contributed by atoms with Crippen LogP contribution in [0.1, 0.15) is 5.56 Å². The molecule has 5 rings (SSSR count). The molecule has 0 aliphatic carbocycles. The molecule has 9 heteroatoms. The average Bonchev–Trinajstić information content (AvgIpc) is 2.87. The molecule has 0 aliphatic rings. The van der Waals surface area contributed by atoms with Gasteiger partial charge in [-0.1, -0.05) is 60.7 Å². The number of nitrogens with one attached hydrogen (secondary N) is 1. The highest BCUT2D eigenvalue weighted by Crippen LogP contribution is 2.37. The lowest BCUT2D eigenvalue weighted by molar-refractivity contribution is 0.474. The quantitative estimate of drug-likeness (QED) is 0.328. The Hall–Kier alpha value is -4.34. The van der Waals surface area contributed by atoms with Crippen LogP contribution >= 0.6 is 0 Å². The molecular weight excluding hydrogens is 462 g/mol. The molecule has 0 aliphatic heterocycles. The maximum atomic E-state index is 11.9. The number of phenolic OH excluding ortho intramolecular Hbond substituents is 1. The normalized spacial score (nSPS) is 11.5. The summed E-state index contributed by atoms with van der Waals surface area (Å²) in [5, 5.41) is 28.9. The van der Waals surface area contributed by atoms with Crippen LogP contribution in [0.25, 0.3) is 33.2 Å². The molecule has 0 fully saturated rings. The zero-order chi connectivity index (χ0) is 24.4. The largest absolute Gasteiger partial charge is 0.508 e. The zero-order valence-corrected chi connectivity index (χ0v) is 19.3. The number of fused-ring (bicyclic) bond motifs is 1. The summed E-state index contributed by atoms with van der Waals surface area (Å²) in [4.78, 5) is 3.95. The molecule has 2 heterocycles. The number of nitrogens with zero attached hydrogens (tertiary/aromatic N) is 3. The SMILES string of the molecule is NS(=O)(=O)c1cncc(-c2nnc(NCc3cccc(O)c3)c3c(-c4ccccc4)cccc23)c1. The van der Waals surface area contributed by atoms with Crippen LogP contribution < -0.4 is 10.5 Å². The third-order valence-corrected chi connectivity index (χ3v) is 6.46. The van der Waals surface area contributed by atoms with Crippen LogP contribution in [0.15, 0.2) is 96.2 Å². The van der Waals surface area contributed by atoms with E-state index in [0.717, 1.165) is 27.5 Å². The van der Waals surface area contributed by atoms with Gasteiger partial charge in [0.2, 0.25) is 10.0 Å². The summed E-state index contributed by atoms with van der Waals surface area (Å²) in [5.41, 5.74) is 3.78. The Morgan fingerprint density at radius 3 is 2.43 bits per heavy atom. The van der Waals surface area contributed by atoms with Gasteiger partial charge in [0.05, 0.1) is 0 Å². The van der Waals surface area contributed by atoms with Crippen LogP contribution in [0.5, 0.6) is 5.75 Å². The molecule has 0 spiro atoms. The van der Waals surface area contributed by atoms with Crippen LogP contribution in [-0.2, 0) is 16.6 Å². The van der Waals surface area contributed by atoms with E-state index in [1.165, 1.54) is 18.5 Å². The third kappa shape index (κ3) is 4.68. The molecule has 0 bridgehead atoms. The van der Waals surface area contributed by atoms with E-state index in [1.54, 1.807) is 18.2 Å². The Kier molecular flexibility index (Phi) is 5.86. The molecule has 174 valence electrons. The average molecular weight is 484 g/mol. The lowest BCUT2D eigenvalue weighted by atomic mass is 9.96. The molecule has 5 aromatic rings. The van der Waals surface area contributed by atoms with Gasteiger partial charge in [-0.2, -0.15) is 0 Å². The first-order chi connectivity index (χ1) is 16.9. The van der Waals surface area contributed by atoms with Gasteiger partial charge in [0, 0.05) is 35.3 Å². The molecule has 0 amide bonds. The second-order valence-corrected chi connectivity index (χ2v) is 9.53. The number of anilines is 1. The number of benzene rings is 3.